The highest BCUT2D eigenvalue weighted by molar-refractivity contribution is 4.98. The summed E-state index contributed by atoms with van der Waals surface area (Å²) >= 11 is 0. The van der Waals surface area contributed by atoms with E-state index < -0.39 is 5.92 Å². The molecule has 130 valence electrons. The van der Waals surface area contributed by atoms with Crippen molar-refractivity contribution in [2.45, 2.75) is 58.5 Å². The molecule has 0 aromatic heterocycles. The predicted molar refractivity (Wildman–Crippen MR) is 89.3 cm³/mol. The van der Waals surface area contributed by atoms with Crippen LogP contribution in [0, 0.1) is 5.92 Å². The first-order valence-corrected chi connectivity index (χ1v) is 8.36. The summed E-state index contributed by atoms with van der Waals surface area (Å²) < 4.78 is 28.2. The van der Waals surface area contributed by atoms with E-state index in [1.54, 1.807) is 0 Å². The summed E-state index contributed by atoms with van der Waals surface area (Å²) in [4.78, 5) is 4.26. The molecule has 1 fully saturated rings. The highest BCUT2D eigenvalue weighted by Crippen LogP contribution is 2.26. The lowest BCUT2D eigenvalue weighted by Gasteiger charge is -2.45. The molecule has 3 nitrogen and oxygen atoms in total. The van der Waals surface area contributed by atoms with Crippen LogP contribution < -0.4 is 5.32 Å². The fourth-order valence-corrected chi connectivity index (χ4v) is 3.11. The molecule has 1 rings (SSSR count). The molecule has 0 saturated carbocycles. The van der Waals surface area contributed by atoms with Crippen LogP contribution in [0.3, 0.4) is 0 Å². The summed E-state index contributed by atoms with van der Waals surface area (Å²) in [6.45, 7) is 14.2. The van der Waals surface area contributed by atoms with Crippen molar-refractivity contribution in [3.05, 3.63) is 12.3 Å². The molecule has 0 bridgehead atoms. The van der Waals surface area contributed by atoms with Gasteiger partial charge in [0, 0.05) is 50.9 Å². The van der Waals surface area contributed by atoms with Crippen molar-refractivity contribution in [3.63, 3.8) is 0 Å². The van der Waals surface area contributed by atoms with E-state index in [4.69, 9.17) is 0 Å². The zero-order valence-corrected chi connectivity index (χ0v) is 14.8. The number of halogens is 2. The lowest BCUT2D eigenvalue weighted by Crippen LogP contribution is -2.59. The fraction of sp³-hybridized carbons (Fsp3) is 0.882. The maximum absolute atomic E-state index is 14.1. The Labute approximate surface area is 134 Å². The Morgan fingerprint density at radius 2 is 1.82 bits per heavy atom. The maximum Gasteiger partial charge on any atom is 0.260 e. The van der Waals surface area contributed by atoms with Crippen molar-refractivity contribution in [1.29, 1.82) is 0 Å². The van der Waals surface area contributed by atoms with Gasteiger partial charge in [0.25, 0.3) is 5.92 Å². The minimum atomic E-state index is -2.58. The average molecular weight is 317 g/mol. The average Bonchev–Trinajstić information content (AvgIpc) is 2.40. The smallest absolute Gasteiger partial charge is 0.260 e. The summed E-state index contributed by atoms with van der Waals surface area (Å²) in [5.74, 6) is -2.26. The van der Waals surface area contributed by atoms with Gasteiger partial charge in [0.1, 0.15) is 0 Å². The highest BCUT2D eigenvalue weighted by atomic mass is 19.3. The molecule has 2 unspecified atom stereocenters. The van der Waals surface area contributed by atoms with Gasteiger partial charge in [0.05, 0.1) is 6.54 Å². The Hall–Kier alpha value is -0.680. The van der Waals surface area contributed by atoms with Gasteiger partial charge >= 0.3 is 0 Å². The molecule has 1 aliphatic rings. The van der Waals surface area contributed by atoms with Crippen LogP contribution in [0.1, 0.15) is 40.5 Å². The summed E-state index contributed by atoms with van der Waals surface area (Å²) in [6.07, 6.45) is 0.574. The Bertz CT molecular complexity index is 346. The second kappa shape index (κ2) is 8.25. The third-order valence-corrected chi connectivity index (χ3v) is 4.45. The van der Waals surface area contributed by atoms with E-state index in [2.05, 4.69) is 30.6 Å². The van der Waals surface area contributed by atoms with Crippen molar-refractivity contribution in [2.75, 3.05) is 33.2 Å². The van der Waals surface area contributed by atoms with Gasteiger partial charge in [0.15, 0.2) is 0 Å². The van der Waals surface area contributed by atoms with E-state index in [0.717, 1.165) is 12.2 Å². The molecular weight excluding hydrogens is 284 g/mol. The normalized spacial score (nSPS) is 24.7. The Balaban J connectivity index is 2.54. The van der Waals surface area contributed by atoms with Crippen LogP contribution in [-0.2, 0) is 0 Å². The van der Waals surface area contributed by atoms with Gasteiger partial charge in [0.2, 0.25) is 0 Å². The van der Waals surface area contributed by atoms with Gasteiger partial charge in [-0.15, -0.1) is 0 Å². The molecule has 0 amide bonds. The predicted octanol–water partition coefficient (Wildman–Crippen LogP) is 3.19. The third-order valence-electron chi connectivity index (χ3n) is 4.45. The van der Waals surface area contributed by atoms with Crippen molar-refractivity contribution < 1.29 is 8.78 Å². The van der Waals surface area contributed by atoms with Crippen LogP contribution in [0.15, 0.2) is 12.3 Å². The Kier molecular flexibility index (Phi) is 7.26. The Morgan fingerprint density at radius 1 is 1.27 bits per heavy atom. The number of alkyl halides is 2. The third kappa shape index (κ3) is 6.21. The first-order valence-electron chi connectivity index (χ1n) is 8.36. The van der Waals surface area contributed by atoms with E-state index in [1.807, 2.05) is 25.8 Å². The Morgan fingerprint density at radius 3 is 2.27 bits per heavy atom. The highest BCUT2D eigenvalue weighted by Gasteiger charge is 2.36. The van der Waals surface area contributed by atoms with E-state index in [1.165, 1.54) is 0 Å². The summed E-state index contributed by atoms with van der Waals surface area (Å²) in [5.41, 5.74) is 0.967. The van der Waals surface area contributed by atoms with Crippen LogP contribution in [0.5, 0.6) is 0 Å². The lowest BCUT2D eigenvalue weighted by atomic mass is 10.0. The van der Waals surface area contributed by atoms with Gasteiger partial charge in [-0.25, -0.2) is 8.78 Å². The summed E-state index contributed by atoms with van der Waals surface area (Å²) in [6, 6.07) is 0.518. The maximum atomic E-state index is 14.1. The fourth-order valence-electron chi connectivity index (χ4n) is 3.11. The van der Waals surface area contributed by atoms with Crippen LogP contribution in [0.25, 0.3) is 0 Å². The second-order valence-electron chi connectivity index (χ2n) is 7.21. The number of piperazine rings is 1. The van der Waals surface area contributed by atoms with Gasteiger partial charge in [-0.05, 0) is 26.2 Å². The zero-order valence-electron chi connectivity index (χ0n) is 14.8. The molecule has 2 atom stereocenters. The van der Waals surface area contributed by atoms with Crippen molar-refractivity contribution >= 4 is 0 Å². The van der Waals surface area contributed by atoms with Gasteiger partial charge in [-0.2, -0.15) is 0 Å². The van der Waals surface area contributed by atoms with E-state index in [-0.39, 0.29) is 25.0 Å². The van der Waals surface area contributed by atoms with Crippen molar-refractivity contribution in [1.82, 2.24) is 15.1 Å². The van der Waals surface area contributed by atoms with E-state index >= 15 is 0 Å². The first kappa shape index (κ1) is 19.4. The molecule has 1 saturated heterocycles. The number of rotatable bonds is 8. The summed E-state index contributed by atoms with van der Waals surface area (Å²) in [7, 11) is 1.86. The molecule has 22 heavy (non-hydrogen) atoms. The first-order chi connectivity index (χ1) is 10.1. The van der Waals surface area contributed by atoms with Gasteiger partial charge in [-0.3, -0.25) is 9.80 Å². The topological polar surface area (TPSA) is 18.5 Å². The molecule has 0 aromatic carbocycles. The lowest BCUT2D eigenvalue weighted by molar-refractivity contribution is -0.0647. The standard InChI is InChI=1S/C17H33F2N3/c1-13(2)7-8-17(18,19)12-21-10-15(4)22(16(5)11-21)9-14(3)20-6/h13,15-16,20H,3,7-12H2,1-2,4-6H3. The molecular formula is C17H33F2N3. The van der Waals surface area contributed by atoms with Crippen LogP contribution in [0.2, 0.25) is 0 Å². The number of nitrogens with zero attached hydrogens (tertiary/aromatic N) is 2. The number of nitrogens with one attached hydrogen (secondary N) is 1. The van der Waals surface area contributed by atoms with Gasteiger partial charge < -0.3 is 5.32 Å². The van der Waals surface area contributed by atoms with Crippen molar-refractivity contribution in [3.8, 4) is 0 Å². The van der Waals surface area contributed by atoms with Crippen LogP contribution >= 0.6 is 0 Å². The number of hydrogen-bond acceptors (Lipinski definition) is 3. The molecule has 5 heteroatoms. The van der Waals surface area contributed by atoms with Crippen LogP contribution in [0.4, 0.5) is 8.78 Å². The summed E-state index contributed by atoms with van der Waals surface area (Å²) in [5, 5.41) is 3.06. The molecule has 0 aliphatic carbocycles. The van der Waals surface area contributed by atoms with Gasteiger partial charge in [-0.1, -0.05) is 20.4 Å². The molecule has 0 aromatic rings. The van der Waals surface area contributed by atoms with Crippen molar-refractivity contribution in [2.24, 2.45) is 5.92 Å². The van der Waals surface area contributed by atoms with Crippen LogP contribution in [-0.4, -0.2) is 61.0 Å². The number of likely N-dealkylation sites (N-methyl/N-ethyl adjacent to an activating group) is 1. The second-order valence-corrected chi connectivity index (χ2v) is 7.21. The SMILES string of the molecule is C=C(CN1C(C)CN(CC(F)(F)CCC(C)C)CC1C)NC. The van der Waals surface area contributed by atoms with E-state index in [9.17, 15) is 8.78 Å². The molecule has 0 spiro atoms. The molecule has 0 radical (unpaired) electrons. The van der Waals surface area contributed by atoms with E-state index in [0.29, 0.717) is 25.4 Å². The molecule has 1 N–H and O–H groups in total. The number of hydrogen-bond donors (Lipinski definition) is 1. The quantitative estimate of drug-likeness (QED) is 0.742. The largest absolute Gasteiger partial charge is 0.391 e. The molecule has 1 heterocycles. The molecule has 1 aliphatic heterocycles. The minimum absolute atomic E-state index is 0.00972. The zero-order chi connectivity index (χ0) is 16.9. The monoisotopic (exact) mass is 317 g/mol. The minimum Gasteiger partial charge on any atom is -0.391 e.